The van der Waals surface area contributed by atoms with Gasteiger partial charge in [0, 0.05) is 12.6 Å². The summed E-state index contributed by atoms with van der Waals surface area (Å²) in [7, 11) is 0. The van der Waals surface area contributed by atoms with Gasteiger partial charge in [0.15, 0.2) is 0 Å². The third kappa shape index (κ3) is 3.34. The first-order chi connectivity index (χ1) is 8.70. The lowest BCUT2D eigenvalue weighted by Gasteiger charge is -2.27. The number of aromatic nitrogens is 2. The lowest BCUT2D eigenvalue weighted by Crippen LogP contribution is -2.26. The summed E-state index contributed by atoms with van der Waals surface area (Å²) in [4.78, 5) is 8.55. The molecule has 1 fully saturated rings. The van der Waals surface area contributed by atoms with E-state index in [-0.39, 0.29) is 0 Å². The number of anilines is 2. The summed E-state index contributed by atoms with van der Waals surface area (Å²) >= 11 is 3.57. The van der Waals surface area contributed by atoms with Crippen molar-refractivity contribution in [2.45, 2.75) is 45.6 Å². The highest BCUT2D eigenvalue weighted by Crippen LogP contribution is 2.30. The third-order valence-electron chi connectivity index (χ3n) is 3.49. The van der Waals surface area contributed by atoms with Crippen LogP contribution >= 0.6 is 15.9 Å². The fraction of sp³-hybridized carbons (Fsp3) is 0.692. The van der Waals surface area contributed by atoms with Crippen LogP contribution in [0, 0.1) is 5.92 Å². The number of halogens is 1. The third-order valence-corrected chi connectivity index (χ3v) is 4.24. The zero-order chi connectivity index (χ0) is 13.0. The molecule has 0 amide bonds. The predicted octanol–water partition coefficient (Wildman–Crippen LogP) is 3.66. The van der Waals surface area contributed by atoms with Crippen LogP contribution in [0.2, 0.25) is 0 Å². The molecule has 18 heavy (non-hydrogen) atoms. The summed E-state index contributed by atoms with van der Waals surface area (Å²) in [5.41, 5.74) is 0. The van der Waals surface area contributed by atoms with Crippen LogP contribution in [0.15, 0.2) is 10.8 Å². The van der Waals surface area contributed by atoms with Gasteiger partial charge in [-0.3, -0.25) is 0 Å². The molecule has 2 rings (SSSR count). The summed E-state index contributed by atoms with van der Waals surface area (Å²) in [6.07, 6.45) is 6.68. The van der Waals surface area contributed by atoms with Crippen LogP contribution in [0.25, 0.3) is 0 Å². The first-order valence-corrected chi connectivity index (χ1v) is 7.51. The van der Waals surface area contributed by atoms with Crippen LogP contribution in [0.5, 0.6) is 0 Å². The lowest BCUT2D eigenvalue weighted by atomic mass is 9.87. The van der Waals surface area contributed by atoms with Crippen molar-refractivity contribution in [2.75, 3.05) is 17.2 Å². The van der Waals surface area contributed by atoms with Crippen molar-refractivity contribution in [2.24, 2.45) is 5.92 Å². The molecule has 1 saturated carbocycles. The van der Waals surface area contributed by atoms with E-state index in [2.05, 4.69) is 50.4 Å². The summed E-state index contributed by atoms with van der Waals surface area (Å²) in [5.74, 6) is 2.63. The molecule has 0 unspecified atom stereocenters. The maximum Gasteiger partial charge on any atom is 0.146 e. The second kappa shape index (κ2) is 6.36. The molecular formula is C13H21BrN4. The maximum absolute atomic E-state index is 4.33. The molecule has 0 bridgehead atoms. The molecule has 1 aromatic heterocycles. The number of nitrogens with one attached hydrogen (secondary N) is 2. The molecule has 0 aromatic carbocycles. The zero-order valence-corrected chi connectivity index (χ0v) is 12.6. The predicted molar refractivity (Wildman–Crippen MR) is 78.9 cm³/mol. The molecule has 0 atom stereocenters. The second-order valence-electron chi connectivity index (χ2n) is 5.02. The molecule has 1 aliphatic rings. The second-order valence-corrected chi connectivity index (χ2v) is 5.81. The first kappa shape index (κ1) is 13.6. The molecule has 0 spiro atoms. The van der Waals surface area contributed by atoms with Gasteiger partial charge in [0.2, 0.25) is 0 Å². The zero-order valence-electron chi connectivity index (χ0n) is 11.0. The summed E-state index contributed by atoms with van der Waals surface area (Å²) < 4.78 is 0.936. The number of nitrogens with zero attached hydrogens (tertiary/aromatic N) is 2. The van der Waals surface area contributed by atoms with E-state index in [0.29, 0.717) is 6.04 Å². The van der Waals surface area contributed by atoms with Crippen molar-refractivity contribution in [1.82, 2.24) is 9.97 Å². The van der Waals surface area contributed by atoms with Gasteiger partial charge in [-0.15, -0.1) is 0 Å². The van der Waals surface area contributed by atoms with E-state index in [0.717, 1.165) is 28.6 Å². The van der Waals surface area contributed by atoms with E-state index in [1.54, 1.807) is 6.33 Å². The Morgan fingerprint density at radius 2 is 1.89 bits per heavy atom. The van der Waals surface area contributed by atoms with Gasteiger partial charge >= 0.3 is 0 Å². The molecule has 1 aliphatic carbocycles. The van der Waals surface area contributed by atoms with Crippen LogP contribution < -0.4 is 10.6 Å². The molecule has 100 valence electrons. The van der Waals surface area contributed by atoms with Gasteiger partial charge < -0.3 is 10.6 Å². The van der Waals surface area contributed by atoms with E-state index in [1.807, 2.05) is 0 Å². The average Bonchev–Trinajstić information content (AvgIpc) is 2.37. The minimum Gasteiger partial charge on any atom is -0.369 e. The average molecular weight is 313 g/mol. The highest BCUT2D eigenvalue weighted by molar-refractivity contribution is 9.10. The van der Waals surface area contributed by atoms with Crippen LogP contribution in [0.4, 0.5) is 11.6 Å². The minimum absolute atomic E-state index is 0.543. The van der Waals surface area contributed by atoms with E-state index in [4.69, 9.17) is 0 Å². The van der Waals surface area contributed by atoms with E-state index >= 15 is 0 Å². The number of hydrogen-bond donors (Lipinski definition) is 2. The van der Waals surface area contributed by atoms with Gasteiger partial charge in [0.25, 0.3) is 0 Å². The largest absolute Gasteiger partial charge is 0.369 e. The molecule has 1 aromatic rings. The van der Waals surface area contributed by atoms with Gasteiger partial charge in [-0.25, -0.2) is 9.97 Å². The highest BCUT2D eigenvalue weighted by Gasteiger charge is 2.19. The molecule has 1 heterocycles. The molecular weight excluding hydrogens is 292 g/mol. The Kier molecular flexibility index (Phi) is 4.80. The molecule has 0 saturated heterocycles. The van der Waals surface area contributed by atoms with Crippen molar-refractivity contribution < 1.29 is 0 Å². The van der Waals surface area contributed by atoms with Crippen LogP contribution in [0.3, 0.4) is 0 Å². The van der Waals surface area contributed by atoms with E-state index < -0.39 is 0 Å². The van der Waals surface area contributed by atoms with Gasteiger partial charge in [-0.1, -0.05) is 6.92 Å². The van der Waals surface area contributed by atoms with Crippen molar-refractivity contribution >= 4 is 27.6 Å². The number of rotatable bonds is 4. The van der Waals surface area contributed by atoms with Gasteiger partial charge in [-0.05, 0) is 54.5 Å². The van der Waals surface area contributed by atoms with Crippen molar-refractivity contribution in [1.29, 1.82) is 0 Å². The molecule has 0 aliphatic heterocycles. The van der Waals surface area contributed by atoms with Gasteiger partial charge in [0.05, 0.1) is 0 Å². The van der Waals surface area contributed by atoms with E-state index in [1.165, 1.54) is 25.7 Å². The Morgan fingerprint density at radius 1 is 1.22 bits per heavy atom. The fourth-order valence-electron chi connectivity index (χ4n) is 2.36. The first-order valence-electron chi connectivity index (χ1n) is 6.71. The number of hydrogen-bond acceptors (Lipinski definition) is 4. The minimum atomic E-state index is 0.543. The Bertz CT molecular complexity index is 389. The summed E-state index contributed by atoms with van der Waals surface area (Å²) in [6, 6.07) is 0.543. The fourth-order valence-corrected chi connectivity index (χ4v) is 2.82. The monoisotopic (exact) mass is 312 g/mol. The quantitative estimate of drug-likeness (QED) is 0.890. The van der Waals surface area contributed by atoms with Crippen LogP contribution in [0.1, 0.15) is 39.5 Å². The lowest BCUT2D eigenvalue weighted by molar-refractivity contribution is 0.360. The van der Waals surface area contributed by atoms with Crippen molar-refractivity contribution in [3.63, 3.8) is 0 Å². The van der Waals surface area contributed by atoms with Crippen molar-refractivity contribution in [3.05, 3.63) is 10.8 Å². The van der Waals surface area contributed by atoms with Crippen LogP contribution in [-0.4, -0.2) is 22.6 Å². The van der Waals surface area contributed by atoms with Crippen LogP contribution in [-0.2, 0) is 0 Å². The van der Waals surface area contributed by atoms with E-state index in [9.17, 15) is 0 Å². The summed E-state index contributed by atoms with van der Waals surface area (Å²) in [5, 5.41) is 6.75. The Labute approximate surface area is 117 Å². The molecule has 2 N–H and O–H groups in total. The Morgan fingerprint density at radius 3 is 2.56 bits per heavy atom. The standard InChI is InChI=1S/C13H21BrN4/c1-3-15-12-11(14)13(17-8-16-12)18-10-6-4-9(2)5-7-10/h8-10H,3-7H2,1-2H3,(H2,15,16,17,18). The highest BCUT2D eigenvalue weighted by atomic mass is 79.9. The summed E-state index contributed by atoms with van der Waals surface area (Å²) in [6.45, 7) is 5.25. The van der Waals surface area contributed by atoms with Gasteiger partial charge in [-0.2, -0.15) is 0 Å². The Balaban J connectivity index is 2.02. The molecule has 4 nitrogen and oxygen atoms in total. The normalized spacial score (nSPS) is 23.7. The maximum atomic E-state index is 4.33. The smallest absolute Gasteiger partial charge is 0.146 e. The van der Waals surface area contributed by atoms with Crippen molar-refractivity contribution in [3.8, 4) is 0 Å². The SMILES string of the molecule is CCNc1ncnc(NC2CCC(C)CC2)c1Br. The Hall–Kier alpha value is -0.840. The molecule has 0 radical (unpaired) electrons. The topological polar surface area (TPSA) is 49.8 Å². The molecule has 5 heteroatoms. The van der Waals surface area contributed by atoms with Gasteiger partial charge in [0.1, 0.15) is 22.4 Å².